The Morgan fingerprint density at radius 1 is 1.36 bits per heavy atom. The number of fused-ring (bicyclic) bond motifs is 1. The molecule has 3 aromatic rings. The molecule has 0 bridgehead atoms. The van der Waals surface area contributed by atoms with Crippen molar-refractivity contribution in [3.05, 3.63) is 18.0 Å². The molecule has 1 aliphatic carbocycles. The molecule has 4 heterocycles. The van der Waals surface area contributed by atoms with Crippen molar-refractivity contribution in [2.75, 3.05) is 5.32 Å². The molecule has 1 aliphatic heterocycles. The van der Waals surface area contributed by atoms with Crippen molar-refractivity contribution in [2.45, 2.75) is 44.8 Å². The molecule has 0 atom stereocenters. The third-order valence-electron chi connectivity index (χ3n) is 4.96. The Morgan fingerprint density at radius 3 is 2.96 bits per heavy atom. The SMILES string of the molecule is CCn1ncc2c(Nc3nn[nH]n3)c(C3=NOC4(CCC4)C3)cnc21. The lowest BCUT2D eigenvalue weighted by molar-refractivity contribution is -0.0755. The van der Waals surface area contributed by atoms with Crippen molar-refractivity contribution in [1.29, 1.82) is 0 Å². The summed E-state index contributed by atoms with van der Waals surface area (Å²) in [5.41, 5.74) is 3.29. The van der Waals surface area contributed by atoms with Crippen LogP contribution in [0.1, 0.15) is 38.2 Å². The van der Waals surface area contributed by atoms with Crippen LogP contribution in [0.5, 0.6) is 0 Å². The van der Waals surface area contributed by atoms with Gasteiger partial charge in [-0.15, -0.1) is 5.10 Å². The number of rotatable bonds is 4. The van der Waals surface area contributed by atoms with Crippen LogP contribution in [0.15, 0.2) is 17.5 Å². The van der Waals surface area contributed by atoms with Crippen LogP contribution in [-0.2, 0) is 11.4 Å². The third-order valence-corrected chi connectivity index (χ3v) is 4.96. The van der Waals surface area contributed by atoms with E-state index in [1.54, 1.807) is 6.20 Å². The summed E-state index contributed by atoms with van der Waals surface area (Å²) < 4.78 is 1.85. The molecule has 2 aliphatic rings. The first-order valence-electron chi connectivity index (χ1n) is 8.38. The zero-order valence-electron chi connectivity index (χ0n) is 13.7. The summed E-state index contributed by atoms with van der Waals surface area (Å²) in [7, 11) is 0. The maximum Gasteiger partial charge on any atom is 0.267 e. The van der Waals surface area contributed by atoms with E-state index in [4.69, 9.17) is 4.84 Å². The molecule has 10 heteroatoms. The zero-order valence-corrected chi connectivity index (χ0v) is 13.7. The van der Waals surface area contributed by atoms with E-state index in [-0.39, 0.29) is 5.60 Å². The minimum atomic E-state index is -0.110. The number of aryl methyl sites for hydroxylation is 1. The van der Waals surface area contributed by atoms with Gasteiger partial charge in [0.25, 0.3) is 5.95 Å². The number of pyridine rings is 1. The summed E-state index contributed by atoms with van der Waals surface area (Å²) in [4.78, 5) is 10.3. The van der Waals surface area contributed by atoms with Gasteiger partial charge in [-0.2, -0.15) is 10.3 Å². The van der Waals surface area contributed by atoms with Gasteiger partial charge in [-0.25, -0.2) is 9.67 Å². The molecule has 0 saturated heterocycles. The average Bonchev–Trinajstić information content (AvgIpc) is 3.33. The Bertz CT molecular complexity index is 955. The second kappa shape index (κ2) is 5.23. The molecule has 0 unspecified atom stereocenters. The molecule has 1 saturated carbocycles. The molecule has 128 valence electrons. The number of hydrogen-bond donors (Lipinski definition) is 2. The highest BCUT2D eigenvalue weighted by Gasteiger charge is 2.45. The van der Waals surface area contributed by atoms with Gasteiger partial charge in [0.1, 0.15) is 5.60 Å². The molecular weight excluding hydrogens is 322 g/mol. The lowest BCUT2D eigenvalue weighted by Gasteiger charge is -2.34. The highest BCUT2D eigenvalue weighted by Crippen LogP contribution is 2.44. The Hall–Kier alpha value is -3.04. The first-order chi connectivity index (χ1) is 12.3. The number of anilines is 2. The van der Waals surface area contributed by atoms with Gasteiger partial charge in [-0.1, -0.05) is 10.3 Å². The summed E-state index contributed by atoms with van der Waals surface area (Å²) >= 11 is 0. The van der Waals surface area contributed by atoms with Gasteiger partial charge in [-0.05, 0) is 31.4 Å². The van der Waals surface area contributed by atoms with E-state index in [9.17, 15) is 0 Å². The standard InChI is InChI=1S/C15H17N9O/c1-2-24-13-10(8-17-24)12(18-14-19-22-23-20-14)9(7-16-13)11-6-15(25-21-11)4-3-5-15/h7-8H,2-6H2,1H3,(H2,16,18,19,20,22,23). The van der Waals surface area contributed by atoms with Crippen LogP contribution < -0.4 is 5.32 Å². The van der Waals surface area contributed by atoms with Crippen LogP contribution in [0.3, 0.4) is 0 Å². The number of tetrazole rings is 1. The molecule has 2 N–H and O–H groups in total. The van der Waals surface area contributed by atoms with Crippen LogP contribution in [0.25, 0.3) is 11.0 Å². The number of hydrogen-bond acceptors (Lipinski definition) is 8. The third kappa shape index (κ3) is 2.17. The van der Waals surface area contributed by atoms with Gasteiger partial charge in [0, 0.05) is 24.7 Å². The minimum absolute atomic E-state index is 0.110. The lowest BCUT2D eigenvalue weighted by Crippen LogP contribution is -2.37. The number of nitrogens with one attached hydrogen (secondary N) is 2. The number of nitrogens with zero attached hydrogens (tertiary/aromatic N) is 7. The molecular formula is C15H17N9O. The van der Waals surface area contributed by atoms with Crippen molar-refractivity contribution in [3.8, 4) is 0 Å². The van der Waals surface area contributed by atoms with E-state index in [1.165, 1.54) is 6.42 Å². The van der Waals surface area contributed by atoms with Gasteiger partial charge in [-0.3, -0.25) is 0 Å². The number of aromatic amines is 1. The van der Waals surface area contributed by atoms with E-state index < -0.39 is 0 Å². The van der Waals surface area contributed by atoms with Crippen LogP contribution in [0.2, 0.25) is 0 Å². The second-order valence-corrected chi connectivity index (χ2v) is 6.45. The molecule has 1 fully saturated rings. The summed E-state index contributed by atoms with van der Waals surface area (Å²) in [5, 5.41) is 26.9. The summed E-state index contributed by atoms with van der Waals surface area (Å²) in [5.74, 6) is 0.385. The van der Waals surface area contributed by atoms with Crippen molar-refractivity contribution in [3.63, 3.8) is 0 Å². The zero-order chi connectivity index (χ0) is 16.9. The van der Waals surface area contributed by atoms with Crippen molar-refractivity contribution >= 4 is 28.4 Å². The van der Waals surface area contributed by atoms with Gasteiger partial charge >= 0.3 is 0 Å². The highest BCUT2D eigenvalue weighted by molar-refractivity contribution is 6.11. The quantitative estimate of drug-likeness (QED) is 0.743. The smallest absolute Gasteiger partial charge is 0.267 e. The van der Waals surface area contributed by atoms with Gasteiger partial charge < -0.3 is 10.2 Å². The molecule has 10 nitrogen and oxygen atoms in total. The van der Waals surface area contributed by atoms with E-state index in [0.717, 1.165) is 53.8 Å². The van der Waals surface area contributed by atoms with Crippen molar-refractivity contribution in [2.24, 2.45) is 5.16 Å². The Balaban J connectivity index is 1.62. The summed E-state index contributed by atoms with van der Waals surface area (Å²) in [6, 6.07) is 0. The fourth-order valence-corrected chi connectivity index (χ4v) is 3.44. The summed E-state index contributed by atoms with van der Waals surface area (Å²) in [6.07, 6.45) is 7.71. The predicted molar refractivity (Wildman–Crippen MR) is 89.5 cm³/mol. The number of oxime groups is 1. The Kier molecular flexibility index (Phi) is 2.99. The largest absolute Gasteiger partial charge is 0.389 e. The number of H-pyrrole nitrogens is 1. The Labute approximate surface area is 142 Å². The number of aromatic nitrogens is 7. The van der Waals surface area contributed by atoms with E-state index in [0.29, 0.717) is 5.95 Å². The Morgan fingerprint density at radius 2 is 2.28 bits per heavy atom. The van der Waals surface area contributed by atoms with E-state index >= 15 is 0 Å². The first kappa shape index (κ1) is 14.3. The maximum atomic E-state index is 5.73. The fraction of sp³-hybridized carbons (Fsp3) is 0.467. The second-order valence-electron chi connectivity index (χ2n) is 6.45. The predicted octanol–water partition coefficient (Wildman–Crippen LogP) is 1.75. The van der Waals surface area contributed by atoms with Gasteiger partial charge in [0.05, 0.1) is 23.0 Å². The maximum absolute atomic E-state index is 5.73. The topological polar surface area (TPSA) is 119 Å². The average molecular weight is 339 g/mol. The fourth-order valence-electron chi connectivity index (χ4n) is 3.44. The first-order valence-corrected chi connectivity index (χ1v) is 8.38. The van der Waals surface area contributed by atoms with Crippen LogP contribution in [0.4, 0.5) is 11.6 Å². The molecule has 25 heavy (non-hydrogen) atoms. The van der Waals surface area contributed by atoms with Crippen molar-refractivity contribution in [1.82, 2.24) is 35.4 Å². The molecule has 0 aromatic carbocycles. The van der Waals surface area contributed by atoms with E-state index in [2.05, 4.69) is 41.2 Å². The van der Waals surface area contributed by atoms with Crippen LogP contribution in [0, 0.1) is 0 Å². The molecule has 5 rings (SSSR count). The minimum Gasteiger partial charge on any atom is -0.389 e. The van der Waals surface area contributed by atoms with E-state index in [1.807, 2.05) is 17.8 Å². The summed E-state index contributed by atoms with van der Waals surface area (Å²) in [6.45, 7) is 2.77. The molecule has 0 radical (unpaired) electrons. The van der Waals surface area contributed by atoms with Crippen LogP contribution in [-0.4, -0.2) is 46.7 Å². The van der Waals surface area contributed by atoms with Crippen molar-refractivity contribution < 1.29 is 4.84 Å². The normalized spacial score (nSPS) is 18.2. The van der Waals surface area contributed by atoms with Gasteiger partial charge in [0.2, 0.25) is 0 Å². The van der Waals surface area contributed by atoms with Gasteiger partial charge in [0.15, 0.2) is 5.65 Å². The monoisotopic (exact) mass is 339 g/mol. The molecule has 0 amide bonds. The molecule has 3 aromatic heterocycles. The highest BCUT2D eigenvalue weighted by atomic mass is 16.7. The van der Waals surface area contributed by atoms with Crippen LogP contribution >= 0.6 is 0 Å². The molecule has 1 spiro atoms. The lowest BCUT2D eigenvalue weighted by atomic mass is 9.76.